The molecule has 0 bridgehead atoms. The van der Waals surface area contributed by atoms with Crippen molar-refractivity contribution in [2.75, 3.05) is 12.8 Å². The van der Waals surface area contributed by atoms with E-state index in [4.69, 9.17) is 10.5 Å². The van der Waals surface area contributed by atoms with Gasteiger partial charge in [0.15, 0.2) is 17.2 Å². The standard InChI is InChI=1S/C11H15BrN2O2/c1-11(2,3)10(15)8-9(16-4)6(13)5-7(12)14-8/h5H,1-4H3,(H2,13,14). The largest absolute Gasteiger partial charge is 0.492 e. The number of ketones is 1. The molecule has 0 unspecified atom stereocenters. The average Bonchev–Trinajstić information content (AvgIpc) is 2.14. The number of pyridine rings is 1. The predicted molar refractivity (Wildman–Crippen MR) is 66.7 cm³/mol. The summed E-state index contributed by atoms with van der Waals surface area (Å²) in [4.78, 5) is 16.3. The van der Waals surface area contributed by atoms with Gasteiger partial charge in [-0.1, -0.05) is 20.8 Å². The van der Waals surface area contributed by atoms with E-state index in [0.29, 0.717) is 16.0 Å². The first-order valence-corrected chi connectivity index (χ1v) is 5.61. The number of hydrogen-bond donors (Lipinski definition) is 1. The van der Waals surface area contributed by atoms with Gasteiger partial charge < -0.3 is 10.5 Å². The highest BCUT2D eigenvalue weighted by molar-refractivity contribution is 9.10. The average molecular weight is 287 g/mol. The molecule has 0 radical (unpaired) electrons. The highest BCUT2D eigenvalue weighted by Gasteiger charge is 2.28. The number of rotatable bonds is 2. The summed E-state index contributed by atoms with van der Waals surface area (Å²) in [5.41, 5.74) is 5.91. The van der Waals surface area contributed by atoms with Crippen LogP contribution in [-0.4, -0.2) is 17.9 Å². The van der Waals surface area contributed by atoms with Gasteiger partial charge in [-0.2, -0.15) is 0 Å². The van der Waals surface area contributed by atoms with Crippen LogP contribution in [0.1, 0.15) is 31.3 Å². The third-order valence-electron chi connectivity index (χ3n) is 2.07. The molecule has 0 spiro atoms. The molecule has 0 aliphatic heterocycles. The molecule has 1 rings (SSSR count). The van der Waals surface area contributed by atoms with Gasteiger partial charge in [0, 0.05) is 5.41 Å². The fourth-order valence-corrected chi connectivity index (χ4v) is 1.67. The topological polar surface area (TPSA) is 65.2 Å². The Morgan fingerprint density at radius 2 is 2.06 bits per heavy atom. The molecule has 0 aliphatic rings. The quantitative estimate of drug-likeness (QED) is 0.671. The van der Waals surface area contributed by atoms with Crippen LogP contribution >= 0.6 is 15.9 Å². The third kappa shape index (κ3) is 2.52. The van der Waals surface area contributed by atoms with Gasteiger partial charge >= 0.3 is 0 Å². The predicted octanol–water partition coefficient (Wildman–Crippen LogP) is 2.66. The van der Waals surface area contributed by atoms with Gasteiger partial charge in [0.1, 0.15) is 4.60 Å². The first-order chi connectivity index (χ1) is 7.27. The number of hydrogen-bond acceptors (Lipinski definition) is 4. The SMILES string of the molecule is COc1c(N)cc(Br)nc1C(=O)C(C)(C)C. The molecular formula is C11H15BrN2O2. The Kier molecular flexibility index (Phi) is 3.57. The molecule has 2 N–H and O–H groups in total. The summed E-state index contributed by atoms with van der Waals surface area (Å²) < 4.78 is 5.64. The number of anilines is 1. The number of carbonyl (C=O) groups is 1. The Morgan fingerprint density at radius 3 is 2.50 bits per heavy atom. The third-order valence-corrected chi connectivity index (χ3v) is 2.48. The van der Waals surface area contributed by atoms with Crippen LogP contribution in [0.25, 0.3) is 0 Å². The van der Waals surface area contributed by atoms with Crippen molar-refractivity contribution in [3.63, 3.8) is 0 Å². The summed E-state index contributed by atoms with van der Waals surface area (Å²) in [6.07, 6.45) is 0. The fourth-order valence-electron chi connectivity index (χ4n) is 1.24. The van der Waals surface area contributed by atoms with Gasteiger partial charge in [-0.3, -0.25) is 4.79 Å². The van der Waals surface area contributed by atoms with Crippen LogP contribution < -0.4 is 10.5 Å². The molecule has 0 aliphatic carbocycles. The number of nitrogens with zero attached hydrogens (tertiary/aromatic N) is 1. The van der Waals surface area contributed by atoms with Crippen molar-refractivity contribution in [3.8, 4) is 5.75 Å². The summed E-state index contributed by atoms with van der Waals surface area (Å²) in [6, 6.07) is 1.61. The summed E-state index contributed by atoms with van der Waals surface area (Å²) >= 11 is 3.21. The van der Waals surface area contributed by atoms with Crippen molar-refractivity contribution in [1.29, 1.82) is 0 Å². The van der Waals surface area contributed by atoms with E-state index in [1.54, 1.807) is 6.07 Å². The molecule has 1 aromatic heterocycles. The fraction of sp³-hybridized carbons (Fsp3) is 0.455. The van der Waals surface area contributed by atoms with E-state index >= 15 is 0 Å². The van der Waals surface area contributed by atoms with E-state index in [-0.39, 0.29) is 11.5 Å². The number of methoxy groups -OCH3 is 1. The van der Waals surface area contributed by atoms with Crippen LogP contribution in [0.15, 0.2) is 10.7 Å². The summed E-state index contributed by atoms with van der Waals surface area (Å²) in [6.45, 7) is 5.48. The van der Waals surface area contributed by atoms with E-state index in [2.05, 4.69) is 20.9 Å². The maximum absolute atomic E-state index is 12.1. The number of aromatic nitrogens is 1. The lowest BCUT2D eigenvalue weighted by molar-refractivity contribution is 0.0849. The molecule has 0 saturated carbocycles. The first kappa shape index (κ1) is 13.0. The Bertz CT molecular complexity index is 425. The second-order valence-corrected chi connectivity index (χ2v) is 5.31. The first-order valence-electron chi connectivity index (χ1n) is 4.82. The summed E-state index contributed by atoms with van der Waals surface area (Å²) in [5.74, 6) is 0.237. The maximum atomic E-state index is 12.1. The monoisotopic (exact) mass is 286 g/mol. The minimum atomic E-state index is -0.520. The molecule has 1 aromatic rings. The number of ether oxygens (including phenoxy) is 1. The number of nitrogen functional groups attached to an aromatic ring is 1. The van der Waals surface area contributed by atoms with Gasteiger partial charge in [0.2, 0.25) is 0 Å². The highest BCUT2D eigenvalue weighted by atomic mass is 79.9. The Labute approximate surface area is 103 Å². The smallest absolute Gasteiger partial charge is 0.190 e. The summed E-state index contributed by atoms with van der Waals surface area (Å²) in [7, 11) is 1.47. The molecule has 0 amide bonds. The summed E-state index contributed by atoms with van der Waals surface area (Å²) in [5, 5.41) is 0. The van der Waals surface area contributed by atoms with Crippen molar-refractivity contribution in [2.24, 2.45) is 5.41 Å². The molecule has 16 heavy (non-hydrogen) atoms. The lowest BCUT2D eigenvalue weighted by atomic mass is 9.88. The normalized spacial score (nSPS) is 11.3. The van der Waals surface area contributed by atoms with E-state index < -0.39 is 5.41 Å². The van der Waals surface area contributed by atoms with Crippen LogP contribution in [0.4, 0.5) is 5.69 Å². The molecule has 0 atom stereocenters. The highest BCUT2D eigenvalue weighted by Crippen LogP contribution is 2.32. The van der Waals surface area contributed by atoms with Gasteiger partial charge in [0.05, 0.1) is 12.8 Å². The molecule has 5 heteroatoms. The zero-order valence-corrected chi connectivity index (χ0v) is 11.4. The second kappa shape index (κ2) is 4.41. The van der Waals surface area contributed by atoms with Crippen molar-refractivity contribution in [3.05, 3.63) is 16.4 Å². The maximum Gasteiger partial charge on any atom is 0.190 e. The van der Waals surface area contributed by atoms with Gasteiger partial charge in [-0.15, -0.1) is 0 Å². The van der Waals surface area contributed by atoms with E-state index in [1.165, 1.54) is 7.11 Å². The van der Waals surface area contributed by atoms with Crippen molar-refractivity contribution < 1.29 is 9.53 Å². The second-order valence-electron chi connectivity index (χ2n) is 4.50. The number of halogens is 1. The molecule has 1 heterocycles. The van der Waals surface area contributed by atoms with E-state index in [9.17, 15) is 4.79 Å². The lowest BCUT2D eigenvalue weighted by Gasteiger charge is -2.18. The van der Waals surface area contributed by atoms with Crippen molar-refractivity contribution >= 4 is 27.4 Å². The molecule has 4 nitrogen and oxygen atoms in total. The number of Topliss-reactive ketones (excluding diaryl/α,β-unsaturated/α-hetero) is 1. The van der Waals surface area contributed by atoms with Crippen molar-refractivity contribution in [2.45, 2.75) is 20.8 Å². The van der Waals surface area contributed by atoms with Crippen LogP contribution in [0.5, 0.6) is 5.75 Å². The minimum absolute atomic E-state index is 0.0997. The molecule has 0 aromatic carbocycles. The minimum Gasteiger partial charge on any atom is -0.492 e. The molecule has 0 saturated heterocycles. The Hall–Kier alpha value is -1.10. The van der Waals surface area contributed by atoms with Crippen molar-refractivity contribution in [1.82, 2.24) is 4.98 Å². The molecule has 88 valence electrons. The zero-order chi connectivity index (χ0) is 12.5. The van der Waals surface area contributed by atoms with Gasteiger partial charge in [-0.25, -0.2) is 4.98 Å². The van der Waals surface area contributed by atoms with Crippen LogP contribution in [0, 0.1) is 5.41 Å². The van der Waals surface area contributed by atoms with Crippen LogP contribution in [0.2, 0.25) is 0 Å². The molecule has 0 fully saturated rings. The number of carbonyl (C=O) groups excluding carboxylic acids is 1. The van der Waals surface area contributed by atoms with E-state index in [0.717, 1.165) is 0 Å². The Balaban J connectivity index is 3.38. The van der Waals surface area contributed by atoms with E-state index in [1.807, 2.05) is 20.8 Å². The van der Waals surface area contributed by atoms with Crippen LogP contribution in [0.3, 0.4) is 0 Å². The zero-order valence-electron chi connectivity index (χ0n) is 9.80. The van der Waals surface area contributed by atoms with Crippen LogP contribution in [-0.2, 0) is 0 Å². The number of nitrogens with two attached hydrogens (primary N) is 1. The lowest BCUT2D eigenvalue weighted by Crippen LogP contribution is -2.22. The molecular weight excluding hydrogens is 272 g/mol. The Morgan fingerprint density at radius 1 is 1.50 bits per heavy atom. The van der Waals surface area contributed by atoms with Gasteiger partial charge in [-0.05, 0) is 22.0 Å². The van der Waals surface area contributed by atoms with Gasteiger partial charge in [0.25, 0.3) is 0 Å².